The lowest BCUT2D eigenvalue weighted by Crippen LogP contribution is -2.38. The average Bonchev–Trinajstić information content (AvgIpc) is 2.55. The topological polar surface area (TPSA) is 52.6 Å². The van der Waals surface area contributed by atoms with Gasteiger partial charge in [0.2, 0.25) is 5.60 Å². The van der Waals surface area contributed by atoms with Crippen molar-refractivity contribution in [1.82, 2.24) is 0 Å². The van der Waals surface area contributed by atoms with Crippen LogP contribution in [0.5, 0.6) is 0 Å². The molecule has 2 aromatic rings. The van der Waals surface area contributed by atoms with E-state index in [0.29, 0.717) is 11.1 Å². The van der Waals surface area contributed by atoms with Crippen molar-refractivity contribution in [3.8, 4) is 0 Å². The second-order valence-corrected chi connectivity index (χ2v) is 4.65. The van der Waals surface area contributed by atoms with Crippen LogP contribution >= 0.6 is 0 Å². The predicted octanol–water partition coefficient (Wildman–Crippen LogP) is 2.93. The van der Waals surface area contributed by atoms with Gasteiger partial charge in [0.1, 0.15) is 0 Å². The third kappa shape index (κ3) is 3.11. The van der Waals surface area contributed by atoms with E-state index in [1.807, 2.05) is 6.07 Å². The summed E-state index contributed by atoms with van der Waals surface area (Å²) in [6.07, 6.45) is 0. The molecule has 0 fully saturated rings. The maximum absolute atomic E-state index is 12.2. The number of rotatable bonds is 4. The van der Waals surface area contributed by atoms with Gasteiger partial charge in [-0.15, -0.1) is 0 Å². The number of esters is 2. The standard InChI is InChI=1S/C17H16O4/c1-17(16(19)20-2,14-11-7-4-8-12-14)21-15(18)13-9-5-3-6-10-13/h3-12H,1-2H3/t17-/m0/s1. The lowest BCUT2D eigenvalue weighted by atomic mass is 9.95. The van der Waals surface area contributed by atoms with E-state index in [2.05, 4.69) is 0 Å². The van der Waals surface area contributed by atoms with Crippen molar-refractivity contribution in [3.63, 3.8) is 0 Å². The van der Waals surface area contributed by atoms with Crippen LogP contribution in [-0.4, -0.2) is 19.0 Å². The minimum Gasteiger partial charge on any atom is -0.466 e. The second-order valence-electron chi connectivity index (χ2n) is 4.65. The first-order chi connectivity index (χ1) is 10.1. The van der Waals surface area contributed by atoms with Gasteiger partial charge in [0.15, 0.2) is 0 Å². The van der Waals surface area contributed by atoms with Crippen LogP contribution in [0.25, 0.3) is 0 Å². The Hall–Kier alpha value is -2.62. The summed E-state index contributed by atoms with van der Waals surface area (Å²) in [5.74, 6) is -1.20. The van der Waals surface area contributed by atoms with Gasteiger partial charge in [0.05, 0.1) is 12.7 Å². The molecule has 0 aromatic heterocycles. The Labute approximate surface area is 123 Å². The summed E-state index contributed by atoms with van der Waals surface area (Å²) in [4.78, 5) is 24.3. The van der Waals surface area contributed by atoms with Gasteiger partial charge in [0.25, 0.3) is 0 Å². The number of ether oxygens (including phenoxy) is 2. The fourth-order valence-corrected chi connectivity index (χ4v) is 1.99. The highest BCUT2D eigenvalue weighted by atomic mass is 16.6. The van der Waals surface area contributed by atoms with Crippen LogP contribution < -0.4 is 0 Å². The largest absolute Gasteiger partial charge is 0.466 e. The van der Waals surface area contributed by atoms with E-state index in [9.17, 15) is 9.59 Å². The summed E-state index contributed by atoms with van der Waals surface area (Å²) < 4.78 is 10.2. The molecular weight excluding hydrogens is 268 g/mol. The summed E-state index contributed by atoms with van der Waals surface area (Å²) >= 11 is 0. The Morgan fingerprint density at radius 2 is 1.43 bits per heavy atom. The number of hydrogen-bond donors (Lipinski definition) is 0. The molecule has 4 nitrogen and oxygen atoms in total. The van der Waals surface area contributed by atoms with Crippen molar-refractivity contribution in [2.75, 3.05) is 7.11 Å². The molecule has 4 heteroatoms. The molecule has 0 spiro atoms. The molecule has 2 rings (SSSR count). The molecule has 0 saturated carbocycles. The molecule has 0 unspecified atom stereocenters. The highest BCUT2D eigenvalue weighted by Gasteiger charge is 2.40. The van der Waals surface area contributed by atoms with E-state index in [1.54, 1.807) is 54.6 Å². The van der Waals surface area contributed by atoms with Crippen LogP contribution in [0.2, 0.25) is 0 Å². The molecule has 0 saturated heterocycles. The first kappa shape index (κ1) is 14.8. The Morgan fingerprint density at radius 1 is 0.905 bits per heavy atom. The normalized spacial score (nSPS) is 13.0. The molecule has 108 valence electrons. The van der Waals surface area contributed by atoms with Crippen LogP contribution in [0, 0.1) is 0 Å². The number of methoxy groups -OCH3 is 1. The fourth-order valence-electron chi connectivity index (χ4n) is 1.99. The van der Waals surface area contributed by atoms with E-state index in [0.717, 1.165) is 0 Å². The molecule has 21 heavy (non-hydrogen) atoms. The molecule has 2 aromatic carbocycles. The van der Waals surface area contributed by atoms with Crippen molar-refractivity contribution < 1.29 is 19.1 Å². The van der Waals surface area contributed by atoms with Gasteiger partial charge in [-0.25, -0.2) is 9.59 Å². The lowest BCUT2D eigenvalue weighted by molar-refractivity contribution is -0.162. The minimum absolute atomic E-state index is 0.378. The molecule has 0 bridgehead atoms. The zero-order valence-electron chi connectivity index (χ0n) is 11.9. The SMILES string of the molecule is COC(=O)[C@@](C)(OC(=O)c1ccccc1)c1ccccc1. The molecule has 0 aliphatic rings. The van der Waals surface area contributed by atoms with Gasteiger partial charge in [-0.1, -0.05) is 48.5 Å². The van der Waals surface area contributed by atoms with E-state index in [-0.39, 0.29) is 0 Å². The molecule has 0 radical (unpaired) electrons. The Bertz CT molecular complexity index is 622. The highest BCUT2D eigenvalue weighted by Crippen LogP contribution is 2.28. The van der Waals surface area contributed by atoms with E-state index in [4.69, 9.17) is 9.47 Å². The van der Waals surface area contributed by atoms with Gasteiger partial charge in [-0.05, 0) is 19.1 Å². The minimum atomic E-state index is -1.48. The fraction of sp³-hybridized carbons (Fsp3) is 0.176. The quantitative estimate of drug-likeness (QED) is 0.810. The zero-order valence-corrected chi connectivity index (χ0v) is 11.9. The molecule has 0 aliphatic heterocycles. The summed E-state index contributed by atoms with van der Waals surface area (Å²) in [6.45, 7) is 1.52. The summed E-state index contributed by atoms with van der Waals surface area (Å²) in [6, 6.07) is 17.3. The van der Waals surface area contributed by atoms with Crippen molar-refractivity contribution in [2.45, 2.75) is 12.5 Å². The first-order valence-electron chi connectivity index (χ1n) is 6.50. The number of carbonyl (C=O) groups excluding carboxylic acids is 2. The maximum atomic E-state index is 12.2. The molecule has 1 atom stereocenters. The van der Waals surface area contributed by atoms with E-state index < -0.39 is 17.5 Å². The first-order valence-corrected chi connectivity index (χ1v) is 6.50. The van der Waals surface area contributed by atoms with Gasteiger partial charge in [-0.3, -0.25) is 0 Å². The van der Waals surface area contributed by atoms with Crippen molar-refractivity contribution in [3.05, 3.63) is 71.8 Å². The Balaban J connectivity index is 2.34. The van der Waals surface area contributed by atoms with Crippen LogP contribution in [0.1, 0.15) is 22.8 Å². The molecule has 0 N–H and O–H groups in total. The van der Waals surface area contributed by atoms with Crippen molar-refractivity contribution in [1.29, 1.82) is 0 Å². The number of hydrogen-bond acceptors (Lipinski definition) is 4. The predicted molar refractivity (Wildman–Crippen MR) is 77.7 cm³/mol. The van der Waals surface area contributed by atoms with Crippen LogP contribution in [0.15, 0.2) is 60.7 Å². The average molecular weight is 284 g/mol. The summed E-state index contributed by atoms with van der Waals surface area (Å²) in [5.41, 5.74) is -0.548. The summed E-state index contributed by atoms with van der Waals surface area (Å²) in [7, 11) is 1.26. The highest BCUT2D eigenvalue weighted by molar-refractivity contribution is 5.92. The monoisotopic (exact) mass is 284 g/mol. The van der Waals surface area contributed by atoms with Gasteiger partial charge in [0, 0.05) is 5.56 Å². The van der Waals surface area contributed by atoms with Crippen molar-refractivity contribution in [2.24, 2.45) is 0 Å². The van der Waals surface area contributed by atoms with Crippen LogP contribution in [-0.2, 0) is 19.9 Å². The van der Waals surface area contributed by atoms with Gasteiger partial charge < -0.3 is 9.47 Å². The Morgan fingerprint density at radius 3 is 1.95 bits per heavy atom. The third-order valence-electron chi connectivity index (χ3n) is 3.21. The smallest absolute Gasteiger partial charge is 0.354 e. The van der Waals surface area contributed by atoms with Crippen molar-refractivity contribution >= 4 is 11.9 Å². The molecule has 0 heterocycles. The maximum Gasteiger partial charge on any atom is 0.354 e. The van der Waals surface area contributed by atoms with E-state index in [1.165, 1.54) is 14.0 Å². The van der Waals surface area contributed by atoms with Gasteiger partial charge in [-0.2, -0.15) is 0 Å². The number of benzene rings is 2. The van der Waals surface area contributed by atoms with Gasteiger partial charge >= 0.3 is 11.9 Å². The Kier molecular flexibility index (Phi) is 4.38. The third-order valence-corrected chi connectivity index (χ3v) is 3.21. The number of carbonyl (C=O) groups is 2. The van der Waals surface area contributed by atoms with E-state index >= 15 is 0 Å². The second kappa shape index (κ2) is 6.22. The molecule has 0 amide bonds. The molecular formula is C17H16O4. The summed E-state index contributed by atoms with van der Waals surface area (Å²) in [5, 5.41) is 0. The van der Waals surface area contributed by atoms with Crippen LogP contribution in [0.3, 0.4) is 0 Å². The lowest BCUT2D eigenvalue weighted by Gasteiger charge is -2.27. The molecule has 0 aliphatic carbocycles. The zero-order chi connectivity index (χ0) is 15.3. The van der Waals surface area contributed by atoms with Crippen LogP contribution in [0.4, 0.5) is 0 Å².